The van der Waals surface area contributed by atoms with Crippen LogP contribution < -0.4 is 0 Å². The van der Waals surface area contributed by atoms with E-state index in [1.54, 1.807) is 18.2 Å². The number of carboxylic acids is 1. The van der Waals surface area contributed by atoms with Gasteiger partial charge in [0.2, 0.25) is 15.6 Å². The Balaban J connectivity index is 2.35. The lowest BCUT2D eigenvalue weighted by Crippen LogP contribution is -2.03. The summed E-state index contributed by atoms with van der Waals surface area (Å²) >= 11 is 0.848. The quantitative estimate of drug-likeness (QED) is 0.492. The maximum Gasteiger partial charge on any atom is 0.371 e. The Morgan fingerprint density at radius 2 is 1.73 bits per heavy atom. The van der Waals surface area contributed by atoms with Gasteiger partial charge < -0.3 is 10.2 Å². The first kappa shape index (κ1) is 15.9. The number of aliphatic hydroxyl groups is 1. The van der Waals surface area contributed by atoms with E-state index in [2.05, 4.69) is 0 Å². The minimum atomic E-state index is -3.73. The van der Waals surface area contributed by atoms with Crippen molar-refractivity contribution in [3.8, 4) is 0 Å². The first-order valence-corrected chi connectivity index (χ1v) is 8.25. The molecule has 0 aliphatic carbocycles. The highest BCUT2D eigenvalue weighted by Crippen LogP contribution is 2.27. The molecule has 0 radical (unpaired) electrons. The first-order chi connectivity index (χ1) is 10.3. The van der Waals surface area contributed by atoms with Crippen molar-refractivity contribution in [2.45, 2.75) is 9.10 Å². The third kappa shape index (κ3) is 3.23. The highest BCUT2D eigenvalue weighted by molar-refractivity contribution is 7.93. The number of benzene rings is 1. The van der Waals surface area contributed by atoms with Crippen LogP contribution in [-0.4, -0.2) is 30.4 Å². The minimum absolute atomic E-state index is 0.00712. The molecule has 22 heavy (non-hydrogen) atoms. The molecule has 2 N–H and O–H groups in total. The van der Waals surface area contributed by atoms with Gasteiger partial charge in [-0.1, -0.05) is 18.2 Å². The van der Waals surface area contributed by atoms with E-state index in [4.69, 9.17) is 10.2 Å². The Morgan fingerprint density at radius 1 is 1.09 bits per heavy atom. The second kappa shape index (κ2) is 6.12. The van der Waals surface area contributed by atoms with E-state index in [9.17, 15) is 18.0 Å². The molecule has 2 aromatic rings. The van der Waals surface area contributed by atoms with Gasteiger partial charge in [0.15, 0.2) is 5.78 Å². The van der Waals surface area contributed by atoms with Crippen LogP contribution in [0.15, 0.2) is 62.7 Å². The molecule has 1 aromatic carbocycles. The van der Waals surface area contributed by atoms with E-state index in [1.165, 1.54) is 17.5 Å². The molecular weight excluding hydrogens is 328 g/mol. The van der Waals surface area contributed by atoms with Gasteiger partial charge in [0.1, 0.15) is 4.21 Å². The maximum atomic E-state index is 12.3. The number of carboxylic acid groups (broad SMARTS) is 1. The molecular formula is C14H10O6S2. The summed E-state index contributed by atoms with van der Waals surface area (Å²) in [5, 5.41) is 18.8. The Kier molecular flexibility index (Phi) is 4.43. The Bertz CT molecular complexity index is 846. The second-order valence-corrected chi connectivity index (χ2v) is 7.26. The summed E-state index contributed by atoms with van der Waals surface area (Å²) in [7, 11) is -3.73. The molecule has 6 nitrogen and oxygen atoms in total. The number of carbonyl (C=O) groups is 2. The Hall–Kier alpha value is -2.45. The number of carbonyl (C=O) groups excluding carboxylic acids is 1. The van der Waals surface area contributed by atoms with Crippen LogP contribution in [0.1, 0.15) is 10.4 Å². The molecule has 0 fully saturated rings. The summed E-state index contributed by atoms with van der Waals surface area (Å²) in [6, 6.07) is 8.88. The van der Waals surface area contributed by atoms with Gasteiger partial charge in [0, 0.05) is 17.0 Å². The number of allylic oxidation sites excluding steroid dienone is 1. The molecule has 1 aromatic heterocycles. The van der Waals surface area contributed by atoms with Gasteiger partial charge in [0.25, 0.3) is 0 Å². The normalized spacial score (nSPS) is 12.1. The molecule has 2 rings (SSSR count). The number of hydrogen-bond donors (Lipinski definition) is 2. The van der Waals surface area contributed by atoms with E-state index >= 15 is 0 Å². The lowest BCUT2D eigenvalue weighted by atomic mass is 10.2. The summed E-state index contributed by atoms with van der Waals surface area (Å²) in [5.74, 6) is -3.53. The largest absolute Gasteiger partial charge is 0.502 e. The molecule has 0 atom stereocenters. The van der Waals surface area contributed by atoms with E-state index < -0.39 is 27.3 Å². The van der Waals surface area contributed by atoms with Crippen molar-refractivity contribution in [1.29, 1.82) is 0 Å². The maximum absolute atomic E-state index is 12.3. The second-order valence-electron chi connectivity index (χ2n) is 4.17. The van der Waals surface area contributed by atoms with E-state index in [0.29, 0.717) is 6.08 Å². The van der Waals surface area contributed by atoms with Crippen molar-refractivity contribution in [3.63, 3.8) is 0 Å². The fourth-order valence-electron chi connectivity index (χ4n) is 1.57. The average Bonchev–Trinajstić information content (AvgIpc) is 2.98. The van der Waals surface area contributed by atoms with E-state index in [1.807, 2.05) is 0 Å². The van der Waals surface area contributed by atoms with Crippen LogP contribution in [0.3, 0.4) is 0 Å². The summed E-state index contributed by atoms with van der Waals surface area (Å²) in [6.45, 7) is 0. The van der Waals surface area contributed by atoms with Crippen LogP contribution in [0.4, 0.5) is 0 Å². The zero-order valence-corrected chi connectivity index (χ0v) is 12.6. The lowest BCUT2D eigenvalue weighted by Gasteiger charge is -2.00. The third-order valence-corrected chi connectivity index (χ3v) is 5.87. The molecule has 0 amide bonds. The Labute approximate surface area is 129 Å². The number of sulfone groups is 1. The van der Waals surface area contributed by atoms with Crippen LogP contribution in [0, 0.1) is 0 Å². The van der Waals surface area contributed by atoms with Gasteiger partial charge in [-0.2, -0.15) is 0 Å². The molecule has 0 saturated carbocycles. The van der Waals surface area contributed by atoms with Crippen molar-refractivity contribution in [1.82, 2.24) is 0 Å². The SMILES string of the molecule is O=C(O)/C(O)=C/C(=O)c1csc(S(=O)(=O)c2ccccc2)c1. The van der Waals surface area contributed by atoms with Crippen LogP contribution in [-0.2, 0) is 14.6 Å². The highest BCUT2D eigenvalue weighted by atomic mass is 32.2. The number of aliphatic carboxylic acids is 1. The Morgan fingerprint density at radius 3 is 2.32 bits per heavy atom. The minimum Gasteiger partial charge on any atom is -0.502 e. The summed E-state index contributed by atoms with van der Waals surface area (Å²) in [5.41, 5.74) is -0.00712. The monoisotopic (exact) mass is 338 g/mol. The number of thiophene rings is 1. The van der Waals surface area contributed by atoms with Gasteiger partial charge in [-0.25, -0.2) is 13.2 Å². The first-order valence-electron chi connectivity index (χ1n) is 5.89. The molecule has 0 aliphatic rings. The van der Waals surface area contributed by atoms with Crippen molar-refractivity contribution >= 4 is 32.9 Å². The van der Waals surface area contributed by atoms with Crippen molar-refractivity contribution in [2.75, 3.05) is 0 Å². The standard InChI is InChI=1S/C14H10O6S2/c15-11(7-12(16)14(17)18)9-6-13(21-8-9)22(19,20)10-4-2-1-3-5-10/h1-8,16H,(H,17,18)/b12-7-. The third-order valence-electron chi connectivity index (χ3n) is 2.67. The molecule has 8 heteroatoms. The fourth-order valence-corrected chi connectivity index (χ4v) is 4.16. The van der Waals surface area contributed by atoms with Crippen LogP contribution in [0.25, 0.3) is 0 Å². The van der Waals surface area contributed by atoms with Gasteiger partial charge in [-0.05, 0) is 18.2 Å². The molecule has 0 unspecified atom stereocenters. The van der Waals surface area contributed by atoms with Crippen LogP contribution >= 0.6 is 11.3 Å². The van der Waals surface area contributed by atoms with Gasteiger partial charge in [-0.15, -0.1) is 11.3 Å². The molecule has 114 valence electrons. The average molecular weight is 338 g/mol. The van der Waals surface area contributed by atoms with Gasteiger partial charge >= 0.3 is 5.97 Å². The van der Waals surface area contributed by atoms with Crippen molar-refractivity contribution in [3.05, 3.63) is 59.2 Å². The molecule has 0 saturated heterocycles. The summed E-state index contributed by atoms with van der Waals surface area (Å²) in [4.78, 5) is 22.3. The zero-order valence-electron chi connectivity index (χ0n) is 11.0. The van der Waals surface area contributed by atoms with Gasteiger partial charge in [-0.3, -0.25) is 4.79 Å². The molecule has 1 heterocycles. The number of aliphatic hydroxyl groups excluding tert-OH is 1. The predicted octanol–water partition coefficient (Wildman–Crippen LogP) is 2.29. The van der Waals surface area contributed by atoms with Gasteiger partial charge in [0.05, 0.1) is 4.90 Å². The molecule has 0 bridgehead atoms. The topological polar surface area (TPSA) is 109 Å². The van der Waals surface area contributed by atoms with E-state index in [0.717, 1.165) is 17.4 Å². The van der Waals surface area contributed by atoms with Crippen molar-refractivity contribution in [2.24, 2.45) is 0 Å². The van der Waals surface area contributed by atoms with Crippen LogP contribution in [0.5, 0.6) is 0 Å². The predicted molar refractivity (Wildman–Crippen MR) is 78.9 cm³/mol. The zero-order chi connectivity index (χ0) is 16.3. The fraction of sp³-hybridized carbons (Fsp3) is 0. The number of hydrogen-bond acceptors (Lipinski definition) is 6. The summed E-state index contributed by atoms with van der Waals surface area (Å²) < 4.78 is 24.6. The van der Waals surface area contributed by atoms with E-state index in [-0.39, 0.29) is 14.7 Å². The number of ketones is 1. The van der Waals surface area contributed by atoms with Crippen molar-refractivity contribution < 1.29 is 28.2 Å². The highest BCUT2D eigenvalue weighted by Gasteiger charge is 2.21. The lowest BCUT2D eigenvalue weighted by molar-refractivity contribution is -0.135. The smallest absolute Gasteiger partial charge is 0.371 e. The number of rotatable bonds is 5. The molecule has 0 aliphatic heterocycles. The summed E-state index contributed by atoms with van der Waals surface area (Å²) in [6.07, 6.45) is 0.531. The van der Waals surface area contributed by atoms with Crippen LogP contribution in [0.2, 0.25) is 0 Å². The molecule has 0 spiro atoms.